The molecule has 1 aliphatic rings. The van der Waals surface area contributed by atoms with Gasteiger partial charge < -0.3 is 19.9 Å². The van der Waals surface area contributed by atoms with E-state index >= 15 is 0 Å². The Morgan fingerprint density at radius 2 is 2.65 bits per heavy atom. The predicted octanol–water partition coefficient (Wildman–Crippen LogP) is -0.704. The zero-order chi connectivity index (χ0) is 12.1. The lowest BCUT2D eigenvalue weighted by Crippen LogP contribution is -2.51. The Morgan fingerprint density at radius 1 is 1.76 bits per heavy atom. The number of hydrogen-bond donors (Lipinski definition) is 2. The molecule has 1 fully saturated rings. The first-order valence-electron chi connectivity index (χ1n) is 5.84. The van der Waals surface area contributed by atoms with Gasteiger partial charge in [-0.25, -0.2) is 4.98 Å². The van der Waals surface area contributed by atoms with Crippen LogP contribution in [0.2, 0.25) is 0 Å². The number of carbonyl (C=O) groups is 1. The molecular weight excluding hydrogens is 220 g/mol. The zero-order valence-corrected chi connectivity index (χ0v) is 9.98. The molecule has 0 aliphatic carbocycles. The van der Waals surface area contributed by atoms with Gasteiger partial charge in [0.1, 0.15) is 11.9 Å². The molecule has 2 rings (SSSR count). The van der Waals surface area contributed by atoms with Crippen molar-refractivity contribution >= 4 is 5.91 Å². The summed E-state index contributed by atoms with van der Waals surface area (Å²) in [7, 11) is 0. The highest BCUT2D eigenvalue weighted by Crippen LogP contribution is 1.95. The second-order valence-corrected chi connectivity index (χ2v) is 4.04. The van der Waals surface area contributed by atoms with Crippen LogP contribution in [0, 0.1) is 6.92 Å². The molecule has 6 nitrogen and oxygen atoms in total. The summed E-state index contributed by atoms with van der Waals surface area (Å²) in [4.78, 5) is 15.9. The second-order valence-electron chi connectivity index (χ2n) is 4.04. The van der Waals surface area contributed by atoms with E-state index in [0.717, 1.165) is 18.9 Å². The third kappa shape index (κ3) is 3.28. The minimum Gasteiger partial charge on any atom is -0.378 e. The van der Waals surface area contributed by atoms with Crippen molar-refractivity contribution in [3.8, 4) is 0 Å². The summed E-state index contributed by atoms with van der Waals surface area (Å²) in [5, 5.41) is 6.01. The lowest BCUT2D eigenvalue weighted by atomic mass is 10.2. The van der Waals surface area contributed by atoms with Gasteiger partial charge in [0.05, 0.1) is 13.2 Å². The lowest BCUT2D eigenvalue weighted by Gasteiger charge is -2.22. The van der Waals surface area contributed by atoms with E-state index in [1.807, 2.05) is 17.7 Å². The van der Waals surface area contributed by atoms with Gasteiger partial charge >= 0.3 is 0 Å². The number of nitrogens with zero attached hydrogens (tertiary/aromatic N) is 2. The van der Waals surface area contributed by atoms with E-state index in [9.17, 15) is 4.79 Å². The molecule has 0 bridgehead atoms. The van der Waals surface area contributed by atoms with Crippen molar-refractivity contribution < 1.29 is 9.53 Å². The number of nitrogens with one attached hydrogen (secondary N) is 2. The van der Waals surface area contributed by atoms with Crippen molar-refractivity contribution in [2.75, 3.05) is 26.3 Å². The third-order valence-electron chi connectivity index (χ3n) is 2.81. The number of carbonyl (C=O) groups excluding carboxylic acids is 1. The Hall–Kier alpha value is -1.40. The molecular formula is C11H18N4O2. The van der Waals surface area contributed by atoms with Crippen LogP contribution in [-0.4, -0.2) is 47.8 Å². The summed E-state index contributed by atoms with van der Waals surface area (Å²) in [6.07, 6.45) is 3.66. The number of ether oxygens (including phenoxy) is 1. The van der Waals surface area contributed by atoms with Crippen molar-refractivity contribution in [3.63, 3.8) is 0 Å². The lowest BCUT2D eigenvalue weighted by molar-refractivity contribution is -0.125. The number of morpholine rings is 1. The molecule has 1 atom stereocenters. The van der Waals surface area contributed by atoms with Crippen LogP contribution in [0.1, 0.15) is 5.82 Å². The number of aryl methyl sites for hydroxylation is 1. The van der Waals surface area contributed by atoms with Gasteiger partial charge in [0, 0.05) is 32.0 Å². The van der Waals surface area contributed by atoms with Gasteiger partial charge in [-0.05, 0) is 6.92 Å². The van der Waals surface area contributed by atoms with Gasteiger partial charge in [0.2, 0.25) is 5.91 Å². The molecule has 17 heavy (non-hydrogen) atoms. The molecule has 1 unspecified atom stereocenters. The van der Waals surface area contributed by atoms with Crippen LogP contribution >= 0.6 is 0 Å². The van der Waals surface area contributed by atoms with Crippen molar-refractivity contribution in [2.24, 2.45) is 0 Å². The molecule has 1 aromatic heterocycles. The van der Waals surface area contributed by atoms with E-state index in [1.54, 1.807) is 6.20 Å². The number of aromatic nitrogens is 2. The Balaban J connectivity index is 1.71. The van der Waals surface area contributed by atoms with Crippen LogP contribution in [0.25, 0.3) is 0 Å². The van der Waals surface area contributed by atoms with Crippen molar-refractivity contribution in [2.45, 2.75) is 19.5 Å². The summed E-state index contributed by atoms with van der Waals surface area (Å²) in [5.41, 5.74) is 0. The maximum atomic E-state index is 11.7. The molecule has 1 amide bonds. The molecule has 1 aromatic rings. The monoisotopic (exact) mass is 238 g/mol. The van der Waals surface area contributed by atoms with E-state index in [4.69, 9.17) is 4.74 Å². The fourth-order valence-electron chi connectivity index (χ4n) is 1.80. The molecule has 2 heterocycles. The zero-order valence-electron chi connectivity index (χ0n) is 9.98. The quantitative estimate of drug-likeness (QED) is 0.727. The standard InChI is InChI=1S/C11H18N4O2/c1-9-12-2-5-15(9)6-3-14-11(16)10-8-17-7-4-13-10/h2,5,10,13H,3-4,6-8H2,1H3,(H,14,16). The van der Waals surface area contributed by atoms with Crippen molar-refractivity contribution in [1.82, 2.24) is 20.2 Å². The van der Waals surface area contributed by atoms with Gasteiger partial charge in [0.25, 0.3) is 0 Å². The van der Waals surface area contributed by atoms with Crippen LogP contribution in [0.5, 0.6) is 0 Å². The second kappa shape index (κ2) is 5.79. The van der Waals surface area contributed by atoms with E-state index in [1.165, 1.54) is 0 Å². The Labute approximate surface area is 100 Å². The molecule has 1 aliphatic heterocycles. The average Bonchev–Trinajstić information content (AvgIpc) is 2.76. The van der Waals surface area contributed by atoms with Crippen LogP contribution in [0.3, 0.4) is 0 Å². The predicted molar refractivity (Wildman–Crippen MR) is 62.6 cm³/mol. The van der Waals surface area contributed by atoms with E-state index < -0.39 is 0 Å². The third-order valence-corrected chi connectivity index (χ3v) is 2.81. The first kappa shape index (κ1) is 12.1. The summed E-state index contributed by atoms with van der Waals surface area (Å²) in [5.74, 6) is 0.959. The van der Waals surface area contributed by atoms with Crippen molar-refractivity contribution in [3.05, 3.63) is 18.2 Å². The molecule has 0 aromatic carbocycles. The molecule has 6 heteroatoms. The number of hydrogen-bond acceptors (Lipinski definition) is 4. The van der Waals surface area contributed by atoms with Crippen LogP contribution in [0.15, 0.2) is 12.4 Å². The number of rotatable bonds is 4. The Kier molecular flexibility index (Phi) is 4.11. The molecule has 0 radical (unpaired) electrons. The summed E-state index contributed by atoms with van der Waals surface area (Å²) in [6, 6.07) is -0.215. The summed E-state index contributed by atoms with van der Waals surface area (Å²) in [6.45, 7) is 5.16. The SMILES string of the molecule is Cc1nccn1CCNC(=O)C1COCCN1. The minimum atomic E-state index is -0.215. The fourth-order valence-corrected chi connectivity index (χ4v) is 1.80. The fraction of sp³-hybridized carbons (Fsp3) is 0.636. The number of imidazole rings is 1. The molecule has 94 valence electrons. The highest BCUT2D eigenvalue weighted by Gasteiger charge is 2.20. The van der Waals surface area contributed by atoms with Crippen molar-refractivity contribution in [1.29, 1.82) is 0 Å². The largest absolute Gasteiger partial charge is 0.378 e. The first-order chi connectivity index (χ1) is 8.27. The van der Waals surface area contributed by atoms with E-state index in [2.05, 4.69) is 15.6 Å². The van der Waals surface area contributed by atoms with E-state index in [0.29, 0.717) is 19.8 Å². The normalized spacial score (nSPS) is 20.2. The summed E-state index contributed by atoms with van der Waals surface area (Å²) < 4.78 is 7.24. The average molecular weight is 238 g/mol. The van der Waals surface area contributed by atoms with Crippen LogP contribution < -0.4 is 10.6 Å². The smallest absolute Gasteiger partial charge is 0.239 e. The van der Waals surface area contributed by atoms with Gasteiger partial charge in [0.15, 0.2) is 0 Å². The van der Waals surface area contributed by atoms with E-state index in [-0.39, 0.29) is 11.9 Å². The van der Waals surface area contributed by atoms with Gasteiger partial charge in [-0.1, -0.05) is 0 Å². The van der Waals surface area contributed by atoms with Crippen LogP contribution in [0.4, 0.5) is 0 Å². The summed E-state index contributed by atoms with van der Waals surface area (Å²) >= 11 is 0. The first-order valence-corrected chi connectivity index (χ1v) is 5.84. The Morgan fingerprint density at radius 3 is 3.29 bits per heavy atom. The van der Waals surface area contributed by atoms with Gasteiger partial charge in [-0.2, -0.15) is 0 Å². The minimum absolute atomic E-state index is 0.00229. The molecule has 2 N–H and O–H groups in total. The topological polar surface area (TPSA) is 68.2 Å². The van der Waals surface area contributed by atoms with Gasteiger partial charge in [-0.3, -0.25) is 4.79 Å². The molecule has 0 saturated carbocycles. The van der Waals surface area contributed by atoms with Gasteiger partial charge in [-0.15, -0.1) is 0 Å². The van der Waals surface area contributed by atoms with Crippen LogP contribution in [-0.2, 0) is 16.1 Å². The maximum Gasteiger partial charge on any atom is 0.239 e. The molecule has 0 spiro atoms. The Bertz CT molecular complexity index is 371. The highest BCUT2D eigenvalue weighted by molar-refractivity contribution is 5.81. The number of amides is 1. The maximum absolute atomic E-state index is 11.7. The molecule has 1 saturated heterocycles. The highest BCUT2D eigenvalue weighted by atomic mass is 16.5.